The Morgan fingerprint density at radius 3 is 2.11 bits per heavy atom. The molecule has 0 aromatic heterocycles. The van der Waals surface area contributed by atoms with E-state index in [1.165, 1.54) is 0 Å². The van der Waals surface area contributed by atoms with Crippen LogP contribution in [0, 0.1) is 5.92 Å². The molecule has 0 aliphatic carbocycles. The third kappa shape index (κ3) is 11.4. The smallest absolute Gasteiger partial charge is 0.306 e. The molecule has 0 aliphatic rings. The van der Waals surface area contributed by atoms with Crippen LogP contribution in [0.15, 0.2) is 0 Å². The van der Waals surface area contributed by atoms with Gasteiger partial charge in [0.25, 0.3) is 0 Å². The van der Waals surface area contributed by atoms with E-state index in [0.29, 0.717) is 18.9 Å². The highest BCUT2D eigenvalue weighted by molar-refractivity contribution is 5.72. The number of esters is 2. The summed E-state index contributed by atoms with van der Waals surface area (Å²) in [5.41, 5.74) is 0. The number of rotatable bonds is 9. The first-order valence-corrected chi connectivity index (χ1v) is 6.77. The SMILES string of the molecule is CC(C)CCCOC(=O)CCCC(=O)OC(C)C. The van der Waals surface area contributed by atoms with E-state index < -0.39 is 0 Å². The van der Waals surface area contributed by atoms with Gasteiger partial charge < -0.3 is 9.47 Å². The van der Waals surface area contributed by atoms with Crippen molar-refractivity contribution in [2.75, 3.05) is 6.61 Å². The zero-order valence-electron chi connectivity index (χ0n) is 12.0. The Hall–Kier alpha value is -1.06. The lowest BCUT2D eigenvalue weighted by atomic mass is 10.1. The normalized spacial score (nSPS) is 10.8. The molecule has 0 bridgehead atoms. The van der Waals surface area contributed by atoms with E-state index in [-0.39, 0.29) is 30.9 Å². The monoisotopic (exact) mass is 258 g/mol. The van der Waals surface area contributed by atoms with Crippen LogP contribution < -0.4 is 0 Å². The molecule has 0 radical (unpaired) electrons. The van der Waals surface area contributed by atoms with Gasteiger partial charge in [0.2, 0.25) is 0 Å². The molecular weight excluding hydrogens is 232 g/mol. The first kappa shape index (κ1) is 16.9. The van der Waals surface area contributed by atoms with Crippen LogP contribution in [0.1, 0.15) is 59.8 Å². The lowest BCUT2D eigenvalue weighted by Crippen LogP contribution is -2.12. The van der Waals surface area contributed by atoms with Gasteiger partial charge in [-0.2, -0.15) is 0 Å². The number of ether oxygens (including phenoxy) is 2. The van der Waals surface area contributed by atoms with Gasteiger partial charge in [-0.25, -0.2) is 0 Å². The largest absolute Gasteiger partial charge is 0.466 e. The third-order valence-corrected chi connectivity index (χ3v) is 2.32. The molecule has 0 saturated carbocycles. The molecular formula is C14H26O4. The van der Waals surface area contributed by atoms with Crippen LogP contribution in [0.3, 0.4) is 0 Å². The minimum Gasteiger partial charge on any atom is -0.466 e. The Balaban J connectivity index is 3.45. The first-order valence-electron chi connectivity index (χ1n) is 6.77. The van der Waals surface area contributed by atoms with E-state index in [0.717, 1.165) is 12.8 Å². The Bertz CT molecular complexity index is 246. The standard InChI is InChI=1S/C14H26O4/c1-11(2)7-6-10-17-13(15)8-5-9-14(16)18-12(3)4/h11-12H,5-10H2,1-4H3. The van der Waals surface area contributed by atoms with Crippen LogP contribution in [0.25, 0.3) is 0 Å². The van der Waals surface area contributed by atoms with Crippen molar-refractivity contribution in [1.82, 2.24) is 0 Å². The van der Waals surface area contributed by atoms with Gasteiger partial charge in [-0.3, -0.25) is 9.59 Å². The van der Waals surface area contributed by atoms with Crippen LogP contribution >= 0.6 is 0 Å². The second-order valence-electron chi connectivity index (χ2n) is 5.15. The molecule has 0 saturated heterocycles. The molecule has 0 atom stereocenters. The van der Waals surface area contributed by atoms with E-state index in [4.69, 9.17) is 9.47 Å². The van der Waals surface area contributed by atoms with Crippen molar-refractivity contribution < 1.29 is 19.1 Å². The van der Waals surface area contributed by atoms with E-state index in [1.54, 1.807) is 13.8 Å². The van der Waals surface area contributed by atoms with Crippen molar-refractivity contribution in [3.05, 3.63) is 0 Å². The molecule has 0 aromatic carbocycles. The summed E-state index contributed by atoms with van der Waals surface area (Å²) in [4.78, 5) is 22.5. The molecule has 0 fully saturated rings. The molecule has 4 heteroatoms. The molecule has 0 rings (SSSR count). The number of carbonyl (C=O) groups is 2. The maximum Gasteiger partial charge on any atom is 0.306 e. The molecule has 106 valence electrons. The summed E-state index contributed by atoms with van der Waals surface area (Å²) in [6.07, 6.45) is 2.93. The van der Waals surface area contributed by atoms with Gasteiger partial charge in [0.05, 0.1) is 12.7 Å². The highest BCUT2D eigenvalue weighted by Crippen LogP contribution is 2.05. The quantitative estimate of drug-likeness (QED) is 0.471. The Kier molecular flexibility index (Phi) is 9.33. The summed E-state index contributed by atoms with van der Waals surface area (Å²) >= 11 is 0. The van der Waals surface area contributed by atoms with Crippen molar-refractivity contribution >= 4 is 11.9 Å². The lowest BCUT2D eigenvalue weighted by molar-refractivity contribution is -0.148. The third-order valence-electron chi connectivity index (χ3n) is 2.32. The zero-order valence-corrected chi connectivity index (χ0v) is 12.0. The van der Waals surface area contributed by atoms with Gasteiger partial charge in [-0.1, -0.05) is 13.8 Å². The molecule has 0 spiro atoms. The molecule has 0 unspecified atom stereocenters. The van der Waals surface area contributed by atoms with E-state index >= 15 is 0 Å². The van der Waals surface area contributed by atoms with E-state index in [2.05, 4.69) is 13.8 Å². The number of carbonyl (C=O) groups excluding carboxylic acids is 2. The van der Waals surface area contributed by atoms with Gasteiger partial charge in [0.1, 0.15) is 0 Å². The van der Waals surface area contributed by atoms with Crippen LogP contribution in [-0.4, -0.2) is 24.6 Å². The maximum absolute atomic E-state index is 11.3. The second-order valence-corrected chi connectivity index (χ2v) is 5.15. The summed E-state index contributed by atoms with van der Waals surface area (Å²) in [5, 5.41) is 0. The average molecular weight is 258 g/mol. The van der Waals surface area contributed by atoms with Crippen molar-refractivity contribution in [3.8, 4) is 0 Å². The van der Waals surface area contributed by atoms with Crippen molar-refractivity contribution in [1.29, 1.82) is 0 Å². The molecule has 0 aromatic rings. The van der Waals surface area contributed by atoms with E-state index in [9.17, 15) is 9.59 Å². The molecule has 18 heavy (non-hydrogen) atoms. The predicted molar refractivity (Wildman–Crippen MR) is 70.1 cm³/mol. The van der Waals surface area contributed by atoms with Gasteiger partial charge in [-0.05, 0) is 39.0 Å². The Labute approximate surface area is 110 Å². The highest BCUT2D eigenvalue weighted by Gasteiger charge is 2.08. The van der Waals surface area contributed by atoms with Crippen molar-refractivity contribution in [2.45, 2.75) is 65.9 Å². The highest BCUT2D eigenvalue weighted by atomic mass is 16.5. The Morgan fingerprint density at radius 1 is 0.944 bits per heavy atom. The van der Waals surface area contributed by atoms with Gasteiger partial charge in [-0.15, -0.1) is 0 Å². The fourth-order valence-corrected chi connectivity index (χ4v) is 1.45. The minimum absolute atomic E-state index is 0.0968. The topological polar surface area (TPSA) is 52.6 Å². The van der Waals surface area contributed by atoms with E-state index in [1.807, 2.05) is 0 Å². The van der Waals surface area contributed by atoms with Crippen LogP contribution in [0.2, 0.25) is 0 Å². The maximum atomic E-state index is 11.3. The summed E-state index contributed by atoms with van der Waals surface area (Å²) < 4.78 is 10.0. The summed E-state index contributed by atoms with van der Waals surface area (Å²) in [6, 6.07) is 0. The van der Waals surface area contributed by atoms with Gasteiger partial charge in [0, 0.05) is 12.8 Å². The van der Waals surface area contributed by atoms with Crippen LogP contribution in [0.4, 0.5) is 0 Å². The average Bonchev–Trinajstić information content (AvgIpc) is 2.23. The fraction of sp³-hybridized carbons (Fsp3) is 0.857. The lowest BCUT2D eigenvalue weighted by Gasteiger charge is -2.08. The summed E-state index contributed by atoms with van der Waals surface area (Å²) in [6.45, 7) is 8.37. The molecule has 0 aliphatic heterocycles. The zero-order chi connectivity index (χ0) is 14.0. The molecule has 0 heterocycles. The van der Waals surface area contributed by atoms with Crippen molar-refractivity contribution in [2.24, 2.45) is 5.92 Å². The molecule has 0 amide bonds. The number of hydrogen-bond donors (Lipinski definition) is 0. The fourth-order valence-electron chi connectivity index (χ4n) is 1.45. The first-order chi connectivity index (χ1) is 8.41. The number of hydrogen-bond acceptors (Lipinski definition) is 4. The van der Waals surface area contributed by atoms with Crippen molar-refractivity contribution in [3.63, 3.8) is 0 Å². The van der Waals surface area contributed by atoms with Gasteiger partial charge in [0.15, 0.2) is 0 Å². The van der Waals surface area contributed by atoms with Crippen LogP contribution in [-0.2, 0) is 19.1 Å². The minimum atomic E-state index is -0.252. The second kappa shape index (κ2) is 9.92. The van der Waals surface area contributed by atoms with Gasteiger partial charge >= 0.3 is 11.9 Å². The summed E-state index contributed by atoms with van der Waals surface area (Å²) in [5.74, 6) is 0.156. The van der Waals surface area contributed by atoms with Crippen LogP contribution in [0.5, 0.6) is 0 Å². The molecule has 4 nitrogen and oxygen atoms in total. The Morgan fingerprint density at radius 2 is 1.56 bits per heavy atom. The molecule has 0 N–H and O–H groups in total. The summed E-state index contributed by atoms with van der Waals surface area (Å²) in [7, 11) is 0. The predicted octanol–water partition coefficient (Wildman–Crippen LogP) is 3.09.